The molecular formula is C29H22. The average Bonchev–Trinajstić information content (AvgIpc) is 3.34. The van der Waals surface area contributed by atoms with E-state index in [1.807, 2.05) is 0 Å². The molecule has 2 aliphatic rings. The van der Waals surface area contributed by atoms with Gasteiger partial charge in [0.25, 0.3) is 0 Å². The Morgan fingerprint density at radius 2 is 1.00 bits per heavy atom. The minimum Gasteiger partial charge on any atom is -0.0792 e. The molecule has 0 fully saturated rings. The highest BCUT2D eigenvalue weighted by atomic mass is 14.3. The van der Waals surface area contributed by atoms with Crippen LogP contribution in [0.1, 0.15) is 40.3 Å². The molecule has 0 heterocycles. The fourth-order valence-electron chi connectivity index (χ4n) is 5.28. The highest BCUT2D eigenvalue weighted by molar-refractivity contribution is 5.92. The second kappa shape index (κ2) is 6.32. The molecule has 0 heteroatoms. The normalized spacial score (nSPS) is 12.7. The molecule has 29 heavy (non-hydrogen) atoms. The lowest BCUT2D eigenvalue weighted by Gasteiger charge is -2.16. The number of hydrogen-bond acceptors (Lipinski definition) is 0. The lowest BCUT2D eigenvalue weighted by molar-refractivity contribution is 1.22. The number of fused-ring (bicyclic) bond motifs is 6. The summed E-state index contributed by atoms with van der Waals surface area (Å²) >= 11 is 0. The summed E-state index contributed by atoms with van der Waals surface area (Å²) in [6, 6.07) is 31.3. The van der Waals surface area contributed by atoms with Gasteiger partial charge >= 0.3 is 0 Å². The molecule has 0 spiro atoms. The van der Waals surface area contributed by atoms with Crippen molar-refractivity contribution in [2.75, 3.05) is 0 Å². The molecule has 4 aromatic carbocycles. The van der Waals surface area contributed by atoms with Crippen LogP contribution >= 0.6 is 0 Å². The molecule has 0 amide bonds. The van der Waals surface area contributed by atoms with Crippen LogP contribution in [-0.4, -0.2) is 0 Å². The predicted octanol–water partition coefficient (Wildman–Crippen LogP) is 7.28. The smallest absolute Gasteiger partial charge is 0.000728 e. The Morgan fingerprint density at radius 3 is 1.48 bits per heavy atom. The first kappa shape index (κ1) is 16.6. The third kappa shape index (κ3) is 2.39. The van der Waals surface area contributed by atoms with Crippen molar-refractivity contribution in [2.45, 2.75) is 19.8 Å². The average molecular weight is 370 g/mol. The molecule has 0 aromatic heterocycles. The van der Waals surface area contributed by atoms with Gasteiger partial charge in [0.15, 0.2) is 0 Å². The van der Waals surface area contributed by atoms with Crippen LogP contribution in [0.4, 0.5) is 0 Å². The van der Waals surface area contributed by atoms with Gasteiger partial charge in [-0.25, -0.2) is 0 Å². The Morgan fingerprint density at radius 1 is 0.552 bits per heavy atom. The molecule has 138 valence electrons. The lowest BCUT2D eigenvalue weighted by atomic mass is 9.87. The van der Waals surface area contributed by atoms with Crippen LogP contribution in [0.15, 0.2) is 91.0 Å². The van der Waals surface area contributed by atoms with Crippen molar-refractivity contribution < 1.29 is 0 Å². The molecule has 0 saturated carbocycles. The monoisotopic (exact) mass is 370 g/mol. The van der Waals surface area contributed by atoms with Gasteiger partial charge in [0, 0.05) is 0 Å². The number of benzene rings is 4. The third-order valence-electron chi connectivity index (χ3n) is 6.57. The standard InChI is InChI=1S/C29H22/c1-2-21(24-13-7-15-26-22-11-5-3-9-19(22)17-28(24)26)25-14-8-16-27-23-12-6-4-10-20(23)18-29(25)27/h2-16H,17-18H2,1H3. The zero-order valence-corrected chi connectivity index (χ0v) is 16.6. The van der Waals surface area contributed by atoms with Gasteiger partial charge in [-0.1, -0.05) is 91.0 Å². The van der Waals surface area contributed by atoms with E-state index in [1.54, 1.807) is 0 Å². The van der Waals surface area contributed by atoms with Crippen LogP contribution in [0.25, 0.3) is 27.8 Å². The summed E-state index contributed by atoms with van der Waals surface area (Å²) in [6.45, 7) is 2.18. The molecule has 0 radical (unpaired) electrons. The van der Waals surface area contributed by atoms with Crippen molar-refractivity contribution in [3.8, 4) is 22.3 Å². The van der Waals surface area contributed by atoms with Crippen molar-refractivity contribution in [3.05, 3.63) is 124 Å². The molecule has 0 unspecified atom stereocenters. The first-order valence-corrected chi connectivity index (χ1v) is 10.4. The first-order valence-electron chi connectivity index (χ1n) is 10.4. The van der Waals surface area contributed by atoms with Crippen molar-refractivity contribution in [3.63, 3.8) is 0 Å². The van der Waals surface area contributed by atoms with Gasteiger partial charge in [-0.2, -0.15) is 0 Å². The fraction of sp³-hybridized carbons (Fsp3) is 0.103. The van der Waals surface area contributed by atoms with E-state index >= 15 is 0 Å². The summed E-state index contributed by atoms with van der Waals surface area (Å²) in [4.78, 5) is 0. The summed E-state index contributed by atoms with van der Waals surface area (Å²) in [5, 5.41) is 0. The minimum atomic E-state index is 1.02. The Kier molecular flexibility index (Phi) is 3.61. The van der Waals surface area contributed by atoms with Gasteiger partial charge in [-0.3, -0.25) is 0 Å². The molecular weight excluding hydrogens is 348 g/mol. The first-order chi connectivity index (χ1) is 14.3. The topological polar surface area (TPSA) is 0 Å². The number of hydrogen-bond donors (Lipinski definition) is 0. The van der Waals surface area contributed by atoms with Gasteiger partial charge < -0.3 is 0 Å². The maximum absolute atomic E-state index is 2.31. The molecule has 4 aromatic rings. The van der Waals surface area contributed by atoms with Gasteiger partial charge in [0.05, 0.1) is 0 Å². The van der Waals surface area contributed by atoms with E-state index in [0.29, 0.717) is 0 Å². The van der Waals surface area contributed by atoms with Crippen LogP contribution in [0.5, 0.6) is 0 Å². The molecule has 0 saturated heterocycles. The van der Waals surface area contributed by atoms with Crippen LogP contribution in [0, 0.1) is 0 Å². The maximum atomic E-state index is 2.31. The fourth-order valence-corrected chi connectivity index (χ4v) is 5.28. The second-order valence-corrected chi connectivity index (χ2v) is 8.03. The molecule has 0 aliphatic heterocycles. The van der Waals surface area contributed by atoms with Gasteiger partial charge in [-0.15, -0.1) is 0 Å². The lowest BCUT2D eigenvalue weighted by Crippen LogP contribution is -1.98. The highest BCUT2D eigenvalue weighted by Crippen LogP contribution is 2.45. The van der Waals surface area contributed by atoms with E-state index in [9.17, 15) is 0 Å². The van der Waals surface area contributed by atoms with Gasteiger partial charge in [0.2, 0.25) is 0 Å². The summed E-state index contributed by atoms with van der Waals surface area (Å²) in [6.07, 6.45) is 4.35. The summed E-state index contributed by atoms with van der Waals surface area (Å²) in [5.41, 5.74) is 15.5. The Bertz CT molecular complexity index is 1200. The van der Waals surface area contributed by atoms with Crippen LogP contribution < -0.4 is 0 Å². The van der Waals surface area contributed by atoms with E-state index in [2.05, 4.69) is 97.9 Å². The largest absolute Gasteiger partial charge is 0.0792 e. The Labute approximate surface area is 172 Å². The Balaban J connectivity index is 1.52. The molecule has 0 atom stereocenters. The Hall–Kier alpha value is -3.38. The SMILES string of the molecule is CC=C(c1cccc2c1Cc1ccccc1-2)c1cccc2c1Cc1ccccc1-2. The quantitative estimate of drug-likeness (QED) is 0.300. The number of rotatable bonds is 2. The zero-order chi connectivity index (χ0) is 19.4. The maximum Gasteiger partial charge on any atom is -0.000728 e. The van der Waals surface area contributed by atoms with Gasteiger partial charge in [-0.05, 0) is 81.0 Å². The molecule has 0 N–H and O–H groups in total. The van der Waals surface area contributed by atoms with Crippen LogP contribution in [0.2, 0.25) is 0 Å². The number of allylic oxidation sites excluding steroid dienone is 1. The molecule has 0 bridgehead atoms. The van der Waals surface area contributed by atoms with E-state index in [1.165, 1.54) is 61.2 Å². The summed E-state index contributed by atoms with van der Waals surface area (Å²) in [5.74, 6) is 0. The van der Waals surface area contributed by atoms with E-state index in [0.717, 1.165) is 12.8 Å². The van der Waals surface area contributed by atoms with Crippen LogP contribution in [-0.2, 0) is 12.8 Å². The molecule has 6 rings (SSSR count). The third-order valence-corrected chi connectivity index (χ3v) is 6.57. The van der Waals surface area contributed by atoms with Crippen LogP contribution in [0.3, 0.4) is 0 Å². The molecule has 0 nitrogen and oxygen atoms in total. The van der Waals surface area contributed by atoms with Crippen molar-refractivity contribution in [1.29, 1.82) is 0 Å². The van der Waals surface area contributed by atoms with E-state index < -0.39 is 0 Å². The van der Waals surface area contributed by atoms with Crippen molar-refractivity contribution in [2.24, 2.45) is 0 Å². The second-order valence-electron chi connectivity index (χ2n) is 8.03. The summed E-state index contributed by atoms with van der Waals surface area (Å²) < 4.78 is 0. The van der Waals surface area contributed by atoms with Gasteiger partial charge in [0.1, 0.15) is 0 Å². The van der Waals surface area contributed by atoms with Crippen molar-refractivity contribution >= 4 is 5.57 Å². The summed E-state index contributed by atoms with van der Waals surface area (Å²) in [7, 11) is 0. The minimum absolute atomic E-state index is 1.02. The van der Waals surface area contributed by atoms with E-state index in [4.69, 9.17) is 0 Å². The van der Waals surface area contributed by atoms with E-state index in [-0.39, 0.29) is 0 Å². The zero-order valence-electron chi connectivity index (χ0n) is 16.6. The molecule has 2 aliphatic carbocycles. The predicted molar refractivity (Wildman–Crippen MR) is 122 cm³/mol. The van der Waals surface area contributed by atoms with Crippen molar-refractivity contribution in [1.82, 2.24) is 0 Å². The highest BCUT2D eigenvalue weighted by Gasteiger charge is 2.25.